The summed E-state index contributed by atoms with van der Waals surface area (Å²) >= 11 is 3.37. The number of hydrogen-bond donors (Lipinski definition) is 0. The highest BCUT2D eigenvalue weighted by molar-refractivity contribution is 9.10. The largest absolute Gasteiger partial charge is 0.460 e. The number of esters is 1. The lowest BCUT2D eigenvalue weighted by Crippen LogP contribution is -2.14. The lowest BCUT2D eigenvalue weighted by Gasteiger charge is -2.09. The van der Waals surface area contributed by atoms with E-state index in [1.807, 2.05) is 12.1 Å². The van der Waals surface area contributed by atoms with E-state index in [-0.39, 0.29) is 23.1 Å². The molecule has 25 heavy (non-hydrogen) atoms. The normalized spacial score (nSPS) is 10.9. The van der Waals surface area contributed by atoms with E-state index in [1.165, 1.54) is 12.3 Å². The summed E-state index contributed by atoms with van der Waals surface area (Å²) in [5.41, 5.74) is 0.0114. The fourth-order valence-electron chi connectivity index (χ4n) is 2.10. The molecule has 0 amide bonds. The quantitative estimate of drug-likeness (QED) is 0.458. The van der Waals surface area contributed by atoms with Crippen molar-refractivity contribution in [2.75, 3.05) is 0 Å². The molecule has 0 radical (unpaired) electrons. The Balaban J connectivity index is 1.94. The predicted octanol–water partition coefficient (Wildman–Crippen LogP) is 4.91. The number of halogens is 1. The van der Waals surface area contributed by atoms with E-state index in [0.717, 1.165) is 4.47 Å². The smallest absolute Gasteiger partial charge is 0.313 e. The summed E-state index contributed by atoms with van der Waals surface area (Å²) in [6, 6.07) is 11.8. The van der Waals surface area contributed by atoms with Crippen LogP contribution in [0, 0.1) is 5.92 Å². The van der Waals surface area contributed by atoms with Gasteiger partial charge < -0.3 is 13.9 Å². The zero-order chi connectivity index (χ0) is 18.0. The lowest BCUT2D eigenvalue weighted by molar-refractivity contribution is -0.137. The second kappa shape index (κ2) is 7.11. The average Bonchev–Trinajstić information content (AvgIpc) is 2.59. The van der Waals surface area contributed by atoms with E-state index in [4.69, 9.17) is 13.9 Å². The Hall–Kier alpha value is -2.60. The van der Waals surface area contributed by atoms with Gasteiger partial charge in [0.2, 0.25) is 11.2 Å². The molecule has 0 spiro atoms. The van der Waals surface area contributed by atoms with E-state index < -0.39 is 0 Å². The van der Waals surface area contributed by atoms with Gasteiger partial charge in [-0.15, -0.1) is 0 Å². The maximum atomic E-state index is 12.6. The molecule has 0 bridgehead atoms. The van der Waals surface area contributed by atoms with Crippen molar-refractivity contribution in [3.63, 3.8) is 0 Å². The Labute approximate surface area is 152 Å². The molecule has 0 aliphatic rings. The predicted molar refractivity (Wildman–Crippen MR) is 97.2 cm³/mol. The van der Waals surface area contributed by atoms with Gasteiger partial charge in [0.1, 0.15) is 23.3 Å². The highest BCUT2D eigenvalue weighted by atomic mass is 79.9. The van der Waals surface area contributed by atoms with Crippen LogP contribution in [0.2, 0.25) is 0 Å². The molecule has 0 N–H and O–H groups in total. The molecule has 3 aromatic rings. The number of fused-ring (bicyclic) bond motifs is 1. The molecule has 0 fully saturated rings. The van der Waals surface area contributed by atoms with E-state index in [9.17, 15) is 9.59 Å². The molecule has 128 valence electrons. The molecule has 5 nitrogen and oxygen atoms in total. The van der Waals surface area contributed by atoms with Gasteiger partial charge in [-0.3, -0.25) is 9.59 Å². The first-order valence-corrected chi connectivity index (χ1v) is 8.44. The highest BCUT2D eigenvalue weighted by Gasteiger charge is 2.14. The maximum Gasteiger partial charge on any atom is 0.313 e. The van der Waals surface area contributed by atoms with Gasteiger partial charge in [0.05, 0.1) is 15.8 Å². The SMILES string of the molecule is CC(C)C(=O)Oc1ccc2c(=O)c(Oc3ccccc3Br)coc2c1. The molecule has 0 unspecified atom stereocenters. The minimum absolute atomic E-state index is 0.0753. The summed E-state index contributed by atoms with van der Waals surface area (Å²) in [7, 11) is 0. The monoisotopic (exact) mass is 402 g/mol. The van der Waals surface area contributed by atoms with Gasteiger partial charge >= 0.3 is 5.97 Å². The van der Waals surface area contributed by atoms with E-state index in [0.29, 0.717) is 22.5 Å². The summed E-state index contributed by atoms with van der Waals surface area (Å²) in [4.78, 5) is 24.2. The van der Waals surface area contributed by atoms with Crippen molar-refractivity contribution in [2.24, 2.45) is 5.92 Å². The second-order valence-corrected chi connectivity index (χ2v) is 6.55. The van der Waals surface area contributed by atoms with Crippen LogP contribution in [0.4, 0.5) is 0 Å². The molecule has 0 saturated heterocycles. The molecule has 3 rings (SSSR count). The molecule has 0 saturated carbocycles. The fraction of sp³-hybridized carbons (Fsp3) is 0.158. The van der Waals surface area contributed by atoms with Crippen LogP contribution in [0.15, 0.2) is 62.4 Å². The van der Waals surface area contributed by atoms with Crippen molar-refractivity contribution in [3.05, 3.63) is 63.4 Å². The minimum Gasteiger partial charge on any atom is -0.460 e. The fourth-order valence-corrected chi connectivity index (χ4v) is 2.47. The van der Waals surface area contributed by atoms with Crippen LogP contribution >= 0.6 is 15.9 Å². The van der Waals surface area contributed by atoms with Gasteiger partial charge in [0.25, 0.3) is 0 Å². The van der Waals surface area contributed by atoms with Crippen LogP contribution < -0.4 is 14.9 Å². The van der Waals surface area contributed by atoms with Crippen LogP contribution in [0.25, 0.3) is 11.0 Å². The van der Waals surface area contributed by atoms with Crippen molar-refractivity contribution in [1.29, 1.82) is 0 Å². The maximum absolute atomic E-state index is 12.6. The van der Waals surface area contributed by atoms with E-state index in [1.54, 1.807) is 38.1 Å². The second-order valence-electron chi connectivity index (χ2n) is 5.70. The van der Waals surface area contributed by atoms with Crippen LogP contribution in [0.1, 0.15) is 13.8 Å². The lowest BCUT2D eigenvalue weighted by atomic mass is 10.2. The molecule has 0 aliphatic heterocycles. The first kappa shape index (κ1) is 17.2. The third-order valence-electron chi connectivity index (χ3n) is 3.46. The summed E-state index contributed by atoms with van der Waals surface area (Å²) < 4.78 is 17.1. The van der Waals surface area contributed by atoms with Gasteiger partial charge in [-0.25, -0.2) is 0 Å². The first-order valence-electron chi connectivity index (χ1n) is 7.65. The van der Waals surface area contributed by atoms with Gasteiger partial charge in [0, 0.05) is 6.07 Å². The Morgan fingerprint density at radius 1 is 1.12 bits per heavy atom. The minimum atomic E-state index is -0.351. The summed E-state index contributed by atoms with van der Waals surface area (Å²) in [5, 5.41) is 0.342. The molecule has 1 aromatic heterocycles. The van der Waals surface area contributed by atoms with Crippen molar-refractivity contribution in [2.45, 2.75) is 13.8 Å². The number of rotatable bonds is 4. The van der Waals surface area contributed by atoms with Crippen molar-refractivity contribution >= 4 is 32.9 Å². The third-order valence-corrected chi connectivity index (χ3v) is 4.12. The molecular formula is C19H15BrO5. The number of para-hydroxylation sites is 1. The molecule has 0 aliphatic carbocycles. The number of carbonyl (C=O) groups excluding carboxylic acids is 1. The number of ether oxygens (including phenoxy) is 2. The molecular weight excluding hydrogens is 388 g/mol. The van der Waals surface area contributed by atoms with E-state index >= 15 is 0 Å². The van der Waals surface area contributed by atoms with Crippen LogP contribution in [-0.4, -0.2) is 5.97 Å². The zero-order valence-corrected chi connectivity index (χ0v) is 15.2. The highest BCUT2D eigenvalue weighted by Crippen LogP contribution is 2.29. The van der Waals surface area contributed by atoms with Crippen LogP contribution in [0.3, 0.4) is 0 Å². The third kappa shape index (κ3) is 3.74. The Kier molecular flexibility index (Phi) is 4.90. The molecule has 6 heteroatoms. The van der Waals surface area contributed by atoms with Crippen molar-refractivity contribution in [1.82, 2.24) is 0 Å². The summed E-state index contributed by atoms with van der Waals surface area (Å²) in [5.74, 6) is 0.315. The Bertz CT molecular complexity index is 991. The average molecular weight is 403 g/mol. The van der Waals surface area contributed by atoms with Gasteiger partial charge in [-0.05, 0) is 40.2 Å². The zero-order valence-electron chi connectivity index (χ0n) is 13.6. The molecule has 1 heterocycles. The van der Waals surface area contributed by atoms with Gasteiger partial charge in [0.15, 0.2) is 0 Å². The summed E-state index contributed by atoms with van der Waals surface area (Å²) in [6.07, 6.45) is 1.25. The van der Waals surface area contributed by atoms with Crippen LogP contribution in [0.5, 0.6) is 17.2 Å². The molecule has 2 aromatic carbocycles. The topological polar surface area (TPSA) is 65.7 Å². The van der Waals surface area contributed by atoms with E-state index in [2.05, 4.69) is 15.9 Å². The molecule has 0 atom stereocenters. The standard InChI is InChI=1S/C19H15BrO5/c1-11(2)19(22)24-12-7-8-13-16(9-12)23-10-17(18(13)21)25-15-6-4-3-5-14(15)20/h3-11H,1-2H3. The Morgan fingerprint density at radius 3 is 2.60 bits per heavy atom. The Morgan fingerprint density at radius 2 is 1.88 bits per heavy atom. The first-order chi connectivity index (χ1) is 12.0. The number of hydrogen-bond acceptors (Lipinski definition) is 5. The van der Waals surface area contributed by atoms with Crippen molar-refractivity contribution in [3.8, 4) is 17.2 Å². The number of benzene rings is 2. The van der Waals surface area contributed by atoms with Gasteiger partial charge in [-0.1, -0.05) is 26.0 Å². The van der Waals surface area contributed by atoms with Crippen molar-refractivity contribution < 1.29 is 18.7 Å². The van der Waals surface area contributed by atoms with Crippen LogP contribution in [-0.2, 0) is 4.79 Å². The van der Waals surface area contributed by atoms with Gasteiger partial charge in [-0.2, -0.15) is 0 Å². The number of carbonyl (C=O) groups is 1. The summed E-state index contributed by atoms with van der Waals surface area (Å²) in [6.45, 7) is 3.49.